The van der Waals surface area contributed by atoms with Gasteiger partial charge in [-0.2, -0.15) is 0 Å². The summed E-state index contributed by atoms with van der Waals surface area (Å²) in [6.07, 6.45) is 1.73. The molecule has 1 aromatic carbocycles. The first-order valence-corrected chi connectivity index (χ1v) is 5.11. The first-order chi connectivity index (χ1) is 7.15. The standard InChI is InChI=1S/C12H11NO2/c1-7-3-2-4-8-9(7)12(5-6-12)11(15)13-10(8)14/h2-4H,5-6H2,1H3,(H,13,14,15). The first kappa shape index (κ1) is 8.65. The number of carbonyl (C=O) groups is 2. The van der Waals surface area contributed by atoms with Crippen molar-refractivity contribution in [1.29, 1.82) is 0 Å². The van der Waals surface area contributed by atoms with Gasteiger partial charge in [-0.15, -0.1) is 0 Å². The zero-order valence-electron chi connectivity index (χ0n) is 8.46. The van der Waals surface area contributed by atoms with E-state index in [0.29, 0.717) is 5.56 Å². The van der Waals surface area contributed by atoms with Crippen LogP contribution in [-0.4, -0.2) is 11.8 Å². The van der Waals surface area contributed by atoms with Gasteiger partial charge in [-0.3, -0.25) is 14.9 Å². The van der Waals surface area contributed by atoms with Gasteiger partial charge in [-0.05, 0) is 37.0 Å². The van der Waals surface area contributed by atoms with Gasteiger partial charge in [0.1, 0.15) is 0 Å². The number of fused-ring (bicyclic) bond motifs is 2. The second-order valence-electron chi connectivity index (χ2n) is 4.36. The molecule has 1 spiro atoms. The molecule has 1 fully saturated rings. The minimum atomic E-state index is -0.380. The number of hydrogen-bond donors (Lipinski definition) is 1. The molecule has 15 heavy (non-hydrogen) atoms. The Morgan fingerprint density at radius 2 is 2.00 bits per heavy atom. The lowest BCUT2D eigenvalue weighted by atomic mass is 9.84. The largest absolute Gasteiger partial charge is 0.292 e. The monoisotopic (exact) mass is 201 g/mol. The van der Waals surface area contributed by atoms with Crippen molar-refractivity contribution in [1.82, 2.24) is 5.32 Å². The molecule has 0 unspecified atom stereocenters. The molecule has 0 bridgehead atoms. The number of hydrogen-bond acceptors (Lipinski definition) is 2. The van der Waals surface area contributed by atoms with Crippen LogP contribution < -0.4 is 5.32 Å². The third kappa shape index (κ3) is 0.950. The van der Waals surface area contributed by atoms with Gasteiger partial charge in [-0.25, -0.2) is 0 Å². The molecule has 3 heteroatoms. The molecule has 3 nitrogen and oxygen atoms in total. The van der Waals surface area contributed by atoms with Crippen molar-refractivity contribution in [2.24, 2.45) is 0 Å². The summed E-state index contributed by atoms with van der Waals surface area (Å²) in [5.74, 6) is -0.370. The summed E-state index contributed by atoms with van der Waals surface area (Å²) in [7, 11) is 0. The molecule has 2 amide bonds. The normalized spacial score (nSPS) is 21.1. The van der Waals surface area contributed by atoms with Gasteiger partial charge in [0.25, 0.3) is 5.91 Å². The maximum Gasteiger partial charge on any atom is 0.258 e. The highest BCUT2D eigenvalue weighted by molar-refractivity contribution is 6.14. The molecule has 3 rings (SSSR count). The quantitative estimate of drug-likeness (QED) is 0.643. The highest BCUT2D eigenvalue weighted by Crippen LogP contribution is 2.52. The highest BCUT2D eigenvalue weighted by Gasteiger charge is 2.56. The molecule has 1 aliphatic carbocycles. The van der Waals surface area contributed by atoms with Crippen LogP contribution in [0.4, 0.5) is 0 Å². The van der Waals surface area contributed by atoms with Crippen molar-refractivity contribution >= 4 is 11.8 Å². The Bertz CT molecular complexity index is 486. The lowest BCUT2D eigenvalue weighted by Gasteiger charge is -2.25. The van der Waals surface area contributed by atoms with Gasteiger partial charge in [-0.1, -0.05) is 12.1 Å². The van der Waals surface area contributed by atoms with Crippen LogP contribution in [0.15, 0.2) is 18.2 Å². The maximum absolute atomic E-state index is 11.8. The van der Waals surface area contributed by atoms with Crippen LogP contribution in [0, 0.1) is 6.92 Å². The third-order valence-electron chi connectivity index (χ3n) is 3.41. The molecule has 1 saturated carbocycles. The zero-order valence-corrected chi connectivity index (χ0v) is 8.46. The van der Waals surface area contributed by atoms with Crippen LogP contribution in [0.2, 0.25) is 0 Å². The molecule has 1 N–H and O–H groups in total. The van der Waals surface area contributed by atoms with E-state index in [2.05, 4.69) is 5.32 Å². The van der Waals surface area contributed by atoms with Crippen LogP contribution in [0.25, 0.3) is 0 Å². The smallest absolute Gasteiger partial charge is 0.258 e. The van der Waals surface area contributed by atoms with Gasteiger partial charge in [0.2, 0.25) is 5.91 Å². The predicted octanol–water partition coefficient (Wildman–Crippen LogP) is 1.30. The lowest BCUT2D eigenvalue weighted by Crippen LogP contribution is -2.45. The van der Waals surface area contributed by atoms with E-state index in [-0.39, 0.29) is 17.2 Å². The van der Waals surface area contributed by atoms with E-state index in [0.717, 1.165) is 24.0 Å². The summed E-state index contributed by atoms with van der Waals surface area (Å²) in [5, 5.41) is 2.44. The predicted molar refractivity (Wildman–Crippen MR) is 54.6 cm³/mol. The van der Waals surface area contributed by atoms with Crippen LogP contribution in [0.3, 0.4) is 0 Å². The molecule has 76 valence electrons. The summed E-state index contributed by atoms with van der Waals surface area (Å²) in [5.41, 5.74) is 2.30. The molecule has 1 aromatic rings. The van der Waals surface area contributed by atoms with Crippen molar-refractivity contribution in [3.63, 3.8) is 0 Å². The Kier molecular flexibility index (Phi) is 1.43. The van der Waals surface area contributed by atoms with E-state index in [1.165, 1.54) is 0 Å². The molecule has 0 radical (unpaired) electrons. The van der Waals surface area contributed by atoms with Crippen molar-refractivity contribution in [3.8, 4) is 0 Å². The summed E-state index contributed by atoms with van der Waals surface area (Å²) in [6, 6.07) is 5.62. The second kappa shape index (κ2) is 2.48. The Balaban J connectivity index is 2.32. The summed E-state index contributed by atoms with van der Waals surface area (Å²) >= 11 is 0. The van der Waals surface area contributed by atoms with Crippen LogP contribution in [0.5, 0.6) is 0 Å². The van der Waals surface area contributed by atoms with Gasteiger partial charge in [0, 0.05) is 5.56 Å². The number of carbonyl (C=O) groups excluding carboxylic acids is 2. The van der Waals surface area contributed by atoms with Crippen molar-refractivity contribution in [3.05, 3.63) is 34.9 Å². The second-order valence-corrected chi connectivity index (χ2v) is 4.36. The van der Waals surface area contributed by atoms with Gasteiger partial charge in [0.05, 0.1) is 5.41 Å². The van der Waals surface area contributed by atoms with Crippen molar-refractivity contribution in [2.45, 2.75) is 25.2 Å². The van der Waals surface area contributed by atoms with E-state index < -0.39 is 0 Å². The number of aryl methyl sites for hydroxylation is 1. The topological polar surface area (TPSA) is 46.2 Å². The Hall–Kier alpha value is -1.64. The lowest BCUT2D eigenvalue weighted by molar-refractivity contribution is -0.122. The Morgan fingerprint density at radius 3 is 2.67 bits per heavy atom. The van der Waals surface area contributed by atoms with Gasteiger partial charge < -0.3 is 0 Å². The third-order valence-corrected chi connectivity index (χ3v) is 3.41. The Labute approximate surface area is 87.5 Å². The first-order valence-electron chi connectivity index (χ1n) is 5.11. The number of imide groups is 1. The van der Waals surface area contributed by atoms with Crippen molar-refractivity contribution in [2.75, 3.05) is 0 Å². The average Bonchev–Trinajstić information content (AvgIpc) is 2.96. The number of benzene rings is 1. The fraction of sp³-hybridized carbons (Fsp3) is 0.333. The van der Waals surface area contributed by atoms with Crippen molar-refractivity contribution < 1.29 is 9.59 Å². The van der Waals surface area contributed by atoms with Gasteiger partial charge in [0.15, 0.2) is 0 Å². The fourth-order valence-electron chi connectivity index (χ4n) is 2.50. The maximum atomic E-state index is 11.8. The molecule has 0 atom stereocenters. The summed E-state index contributed by atoms with van der Waals surface area (Å²) < 4.78 is 0. The van der Waals surface area contributed by atoms with E-state index in [9.17, 15) is 9.59 Å². The molecule has 1 heterocycles. The minimum absolute atomic E-state index is 0.116. The summed E-state index contributed by atoms with van der Waals surface area (Å²) in [6.45, 7) is 1.96. The molecular weight excluding hydrogens is 190 g/mol. The number of amides is 2. The molecule has 0 saturated heterocycles. The van der Waals surface area contributed by atoms with Gasteiger partial charge >= 0.3 is 0 Å². The van der Waals surface area contributed by atoms with E-state index >= 15 is 0 Å². The number of nitrogens with one attached hydrogen (secondary N) is 1. The van der Waals surface area contributed by atoms with Crippen LogP contribution >= 0.6 is 0 Å². The highest BCUT2D eigenvalue weighted by atomic mass is 16.2. The SMILES string of the molecule is Cc1cccc2c1C1(CC1)C(=O)NC2=O. The molecule has 1 aliphatic heterocycles. The van der Waals surface area contributed by atoms with E-state index in [1.54, 1.807) is 6.07 Å². The molecular formula is C12H11NO2. The van der Waals surface area contributed by atoms with E-state index in [4.69, 9.17) is 0 Å². The fourth-order valence-corrected chi connectivity index (χ4v) is 2.50. The van der Waals surface area contributed by atoms with E-state index in [1.807, 2.05) is 19.1 Å². The molecule has 2 aliphatic rings. The zero-order chi connectivity index (χ0) is 10.6. The number of rotatable bonds is 0. The molecule has 0 aromatic heterocycles. The van der Waals surface area contributed by atoms with Crippen LogP contribution in [0.1, 0.15) is 34.3 Å². The van der Waals surface area contributed by atoms with Crippen LogP contribution in [-0.2, 0) is 10.2 Å². The average molecular weight is 201 g/mol. The Morgan fingerprint density at radius 1 is 1.27 bits per heavy atom. The minimum Gasteiger partial charge on any atom is -0.292 e. The summed E-state index contributed by atoms with van der Waals surface area (Å²) in [4.78, 5) is 23.4.